The zero-order valence-electron chi connectivity index (χ0n) is 12.9. The SMILES string of the molecule is CCOC(=O)c1cccc(N)c1NCC1CCN(C)CC1. The Bertz CT molecular complexity index is 482. The van der Waals surface area contributed by atoms with Crippen molar-refractivity contribution < 1.29 is 9.53 Å². The van der Waals surface area contributed by atoms with Gasteiger partial charge in [-0.05, 0) is 58.0 Å². The molecule has 0 amide bonds. The van der Waals surface area contributed by atoms with Crippen molar-refractivity contribution in [1.29, 1.82) is 0 Å². The highest BCUT2D eigenvalue weighted by Crippen LogP contribution is 2.26. The number of nitrogens with one attached hydrogen (secondary N) is 1. The summed E-state index contributed by atoms with van der Waals surface area (Å²) in [5.74, 6) is 0.298. The van der Waals surface area contributed by atoms with Crippen LogP contribution >= 0.6 is 0 Å². The fourth-order valence-corrected chi connectivity index (χ4v) is 2.66. The second-order valence-corrected chi connectivity index (χ2v) is 5.62. The van der Waals surface area contributed by atoms with Crippen LogP contribution in [0.4, 0.5) is 11.4 Å². The number of anilines is 2. The number of esters is 1. The van der Waals surface area contributed by atoms with Crippen molar-refractivity contribution >= 4 is 17.3 Å². The van der Waals surface area contributed by atoms with E-state index in [1.54, 1.807) is 25.1 Å². The van der Waals surface area contributed by atoms with Crippen molar-refractivity contribution in [3.8, 4) is 0 Å². The van der Waals surface area contributed by atoms with Gasteiger partial charge in [0.05, 0.1) is 23.5 Å². The lowest BCUT2D eigenvalue weighted by Gasteiger charge is -2.29. The number of carbonyl (C=O) groups excluding carboxylic acids is 1. The minimum absolute atomic E-state index is 0.323. The molecule has 0 radical (unpaired) electrons. The molecule has 0 spiro atoms. The Labute approximate surface area is 126 Å². The van der Waals surface area contributed by atoms with E-state index in [1.165, 1.54) is 12.8 Å². The monoisotopic (exact) mass is 291 g/mol. The van der Waals surface area contributed by atoms with E-state index in [-0.39, 0.29) is 5.97 Å². The van der Waals surface area contributed by atoms with Crippen LogP contribution in [0.1, 0.15) is 30.1 Å². The van der Waals surface area contributed by atoms with Crippen molar-refractivity contribution in [1.82, 2.24) is 4.90 Å². The van der Waals surface area contributed by atoms with Gasteiger partial charge in [0.15, 0.2) is 0 Å². The molecule has 1 fully saturated rings. The van der Waals surface area contributed by atoms with Crippen LogP contribution in [0.25, 0.3) is 0 Å². The highest BCUT2D eigenvalue weighted by Gasteiger charge is 2.19. The Morgan fingerprint density at radius 2 is 2.14 bits per heavy atom. The van der Waals surface area contributed by atoms with Gasteiger partial charge in [0.25, 0.3) is 0 Å². The van der Waals surface area contributed by atoms with Gasteiger partial charge in [-0.3, -0.25) is 0 Å². The van der Waals surface area contributed by atoms with E-state index in [2.05, 4.69) is 17.3 Å². The molecule has 1 aromatic rings. The summed E-state index contributed by atoms with van der Waals surface area (Å²) in [5, 5.41) is 3.36. The summed E-state index contributed by atoms with van der Waals surface area (Å²) in [4.78, 5) is 14.3. The van der Waals surface area contributed by atoms with Gasteiger partial charge in [-0.1, -0.05) is 6.07 Å². The molecule has 21 heavy (non-hydrogen) atoms. The Kier molecular flexibility index (Phi) is 5.44. The zero-order chi connectivity index (χ0) is 15.2. The van der Waals surface area contributed by atoms with E-state index in [1.807, 2.05) is 0 Å². The first-order valence-electron chi connectivity index (χ1n) is 7.59. The highest BCUT2D eigenvalue weighted by atomic mass is 16.5. The van der Waals surface area contributed by atoms with Crippen LogP contribution in [0, 0.1) is 5.92 Å². The van der Waals surface area contributed by atoms with Crippen LogP contribution in [-0.2, 0) is 4.74 Å². The minimum Gasteiger partial charge on any atom is -0.462 e. The van der Waals surface area contributed by atoms with Crippen LogP contribution in [0.5, 0.6) is 0 Å². The van der Waals surface area contributed by atoms with Gasteiger partial charge < -0.3 is 20.7 Å². The van der Waals surface area contributed by atoms with Crippen LogP contribution in [0.15, 0.2) is 18.2 Å². The lowest BCUT2D eigenvalue weighted by molar-refractivity contribution is 0.0527. The molecule has 1 aliphatic heterocycles. The first-order valence-corrected chi connectivity index (χ1v) is 7.59. The molecule has 5 heteroatoms. The lowest BCUT2D eigenvalue weighted by Crippen LogP contribution is -2.33. The average molecular weight is 291 g/mol. The molecule has 0 aliphatic carbocycles. The van der Waals surface area contributed by atoms with Crippen molar-refractivity contribution in [2.75, 3.05) is 44.3 Å². The Morgan fingerprint density at radius 1 is 1.43 bits per heavy atom. The summed E-state index contributed by atoms with van der Waals surface area (Å²) in [5.41, 5.74) is 7.83. The van der Waals surface area contributed by atoms with Crippen molar-refractivity contribution in [2.24, 2.45) is 5.92 Å². The van der Waals surface area contributed by atoms with E-state index >= 15 is 0 Å². The molecule has 0 atom stereocenters. The number of hydrogen-bond donors (Lipinski definition) is 2. The van der Waals surface area contributed by atoms with Crippen LogP contribution in [0.2, 0.25) is 0 Å². The number of likely N-dealkylation sites (tertiary alicyclic amines) is 1. The number of nitrogens with two attached hydrogens (primary N) is 1. The second kappa shape index (κ2) is 7.31. The van der Waals surface area contributed by atoms with Gasteiger partial charge in [0.1, 0.15) is 0 Å². The molecule has 2 rings (SSSR count). The molecule has 0 bridgehead atoms. The van der Waals surface area contributed by atoms with Gasteiger partial charge in [-0.25, -0.2) is 4.79 Å². The third-order valence-corrected chi connectivity index (χ3v) is 4.00. The zero-order valence-corrected chi connectivity index (χ0v) is 12.9. The first-order chi connectivity index (χ1) is 10.1. The Morgan fingerprint density at radius 3 is 2.81 bits per heavy atom. The molecular formula is C16H25N3O2. The number of hydrogen-bond acceptors (Lipinski definition) is 5. The molecule has 1 aromatic carbocycles. The van der Waals surface area contributed by atoms with E-state index in [0.29, 0.717) is 29.5 Å². The molecule has 3 N–H and O–H groups in total. The van der Waals surface area contributed by atoms with Gasteiger partial charge in [-0.15, -0.1) is 0 Å². The molecule has 1 aliphatic rings. The fourth-order valence-electron chi connectivity index (χ4n) is 2.66. The molecule has 116 valence electrons. The molecule has 0 unspecified atom stereocenters. The number of carbonyl (C=O) groups is 1. The smallest absolute Gasteiger partial charge is 0.340 e. The predicted molar refractivity (Wildman–Crippen MR) is 85.5 cm³/mol. The van der Waals surface area contributed by atoms with Crippen LogP contribution in [0.3, 0.4) is 0 Å². The Hall–Kier alpha value is -1.75. The minimum atomic E-state index is -0.323. The fraction of sp³-hybridized carbons (Fsp3) is 0.562. The molecule has 5 nitrogen and oxygen atoms in total. The largest absolute Gasteiger partial charge is 0.462 e. The number of ether oxygens (including phenoxy) is 1. The topological polar surface area (TPSA) is 67.6 Å². The number of rotatable bonds is 5. The summed E-state index contributed by atoms with van der Waals surface area (Å²) in [6.45, 7) is 5.26. The van der Waals surface area contributed by atoms with Gasteiger partial charge >= 0.3 is 5.97 Å². The van der Waals surface area contributed by atoms with Gasteiger partial charge in [-0.2, -0.15) is 0 Å². The standard InChI is InChI=1S/C16H25N3O2/c1-3-21-16(20)13-5-4-6-14(17)15(13)18-11-12-7-9-19(2)10-8-12/h4-6,12,18H,3,7-11,17H2,1-2H3. The molecule has 0 saturated carbocycles. The third kappa shape index (κ3) is 4.11. The quantitative estimate of drug-likeness (QED) is 0.643. The summed E-state index contributed by atoms with van der Waals surface area (Å²) >= 11 is 0. The van der Waals surface area contributed by atoms with E-state index < -0.39 is 0 Å². The van der Waals surface area contributed by atoms with Crippen molar-refractivity contribution in [3.05, 3.63) is 23.8 Å². The number of nitrogens with zero attached hydrogens (tertiary/aromatic N) is 1. The van der Waals surface area contributed by atoms with E-state index in [0.717, 1.165) is 19.6 Å². The molecule has 1 saturated heterocycles. The van der Waals surface area contributed by atoms with E-state index in [4.69, 9.17) is 10.5 Å². The highest BCUT2D eigenvalue weighted by molar-refractivity contribution is 5.98. The van der Waals surface area contributed by atoms with Gasteiger partial charge in [0, 0.05) is 6.54 Å². The average Bonchev–Trinajstić information content (AvgIpc) is 2.47. The summed E-state index contributed by atoms with van der Waals surface area (Å²) < 4.78 is 5.09. The maximum atomic E-state index is 12.0. The number of piperidine rings is 1. The summed E-state index contributed by atoms with van der Waals surface area (Å²) in [6.07, 6.45) is 2.34. The molecule has 1 heterocycles. The lowest BCUT2D eigenvalue weighted by atomic mass is 9.97. The number of nitrogen functional groups attached to an aromatic ring is 1. The molecule has 0 aromatic heterocycles. The first kappa shape index (κ1) is 15.6. The van der Waals surface area contributed by atoms with Crippen molar-refractivity contribution in [2.45, 2.75) is 19.8 Å². The van der Waals surface area contributed by atoms with Crippen molar-refractivity contribution in [3.63, 3.8) is 0 Å². The van der Waals surface area contributed by atoms with Crippen LogP contribution in [-0.4, -0.2) is 44.2 Å². The van der Waals surface area contributed by atoms with Gasteiger partial charge in [0.2, 0.25) is 0 Å². The summed E-state index contributed by atoms with van der Waals surface area (Å²) in [7, 11) is 2.15. The van der Waals surface area contributed by atoms with E-state index in [9.17, 15) is 4.79 Å². The molecular weight excluding hydrogens is 266 g/mol. The maximum absolute atomic E-state index is 12.0. The summed E-state index contributed by atoms with van der Waals surface area (Å²) in [6, 6.07) is 5.34. The number of benzene rings is 1. The normalized spacial score (nSPS) is 16.7. The Balaban J connectivity index is 2.03. The maximum Gasteiger partial charge on any atom is 0.340 e. The third-order valence-electron chi connectivity index (χ3n) is 4.00. The van der Waals surface area contributed by atoms with Crippen LogP contribution < -0.4 is 11.1 Å². The predicted octanol–water partition coefficient (Wildman–Crippen LogP) is 2.20. The number of para-hydroxylation sites is 1. The second-order valence-electron chi connectivity index (χ2n) is 5.62.